The highest BCUT2D eigenvalue weighted by Crippen LogP contribution is 2.40. The Morgan fingerprint density at radius 1 is 0.915 bits per heavy atom. The van der Waals surface area contributed by atoms with E-state index in [1.165, 1.54) is 0 Å². The van der Waals surface area contributed by atoms with Crippen molar-refractivity contribution in [2.75, 3.05) is 5.75 Å². The third-order valence-corrected chi connectivity index (χ3v) is 9.30. The summed E-state index contributed by atoms with van der Waals surface area (Å²) in [5.74, 6) is -0.0916. The normalized spacial score (nSPS) is 17.8. The van der Waals surface area contributed by atoms with Gasteiger partial charge in [0.05, 0.1) is 18.8 Å². The van der Waals surface area contributed by atoms with Gasteiger partial charge in [0.15, 0.2) is 11.4 Å². The number of nitrogens with one attached hydrogen (secondary N) is 1. The molecule has 4 aromatic rings. The molecule has 0 bridgehead atoms. The van der Waals surface area contributed by atoms with Crippen LogP contribution in [0.25, 0.3) is 11.1 Å². The fraction of sp³-hybridized carbons (Fsp3) is 0.389. The number of nitrogens with zero attached hydrogens (tertiary/aromatic N) is 3. The van der Waals surface area contributed by atoms with E-state index in [9.17, 15) is 14.7 Å². The second-order valence-electron chi connectivity index (χ2n) is 11.8. The average molecular weight is 659 g/mol. The van der Waals surface area contributed by atoms with Crippen molar-refractivity contribution in [1.82, 2.24) is 20.1 Å². The van der Waals surface area contributed by atoms with Gasteiger partial charge in [-0.1, -0.05) is 85.3 Å². The van der Waals surface area contributed by atoms with Gasteiger partial charge in [0.25, 0.3) is 0 Å². The number of carboxylic acids is 1. The van der Waals surface area contributed by atoms with Crippen molar-refractivity contribution in [3.63, 3.8) is 0 Å². The first-order chi connectivity index (χ1) is 22.9. The van der Waals surface area contributed by atoms with Gasteiger partial charge in [0, 0.05) is 44.2 Å². The highest BCUT2D eigenvalue weighted by Gasteiger charge is 2.32. The van der Waals surface area contributed by atoms with Crippen LogP contribution in [0.3, 0.4) is 0 Å². The lowest BCUT2D eigenvalue weighted by molar-refractivity contribution is -0.245. The van der Waals surface area contributed by atoms with Crippen LogP contribution in [0.1, 0.15) is 79.6 Å². The third kappa shape index (κ3) is 10.2. The number of thioether (sulfide) groups is 1. The Balaban J connectivity index is 1.24. The molecule has 2 heterocycles. The van der Waals surface area contributed by atoms with Crippen molar-refractivity contribution in [3.8, 4) is 11.1 Å². The van der Waals surface area contributed by atoms with Gasteiger partial charge in [0.1, 0.15) is 6.33 Å². The zero-order valence-corrected chi connectivity index (χ0v) is 27.4. The highest BCUT2D eigenvalue weighted by atomic mass is 32.2. The second-order valence-corrected chi connectivity index (χ2v) is 12.8. The Kier molecular flexibility index (Phi) is 12.6. The van der Waals surface area contributed by atoms with Gasteiger partial charge in [-0.2, -0.15) is 0 Å². The molecule has 47 heavy (non-hydrogen) atoms. The maximum absolute atomic E-state index is 12.4. The first kappa shape index (κ1) is 34.3. The number of hydrogen-bond acceptors (Lipinski definition) is 8. The maximum Gasteiger partial charge on any atom is 0.303 e. The first-order valence-electron chi connectivity index (χ1n) is 16.0. The van der Waals surface area contributed by atoms with Crippen LogP contribution in [0.5, 0.6) is 0 Å². The summed E-state index contributed by atoms with van der Waals surface area (Å²) in [7, 11) is 1.92. The van der Waals surface area contributed by atoms with E-state index >= 15 is 0 Å². The molecular weight excluding hydrogens is 616 g/mol. The van der Waals surface area contributed by atoms with Crippen molar-refractivity contribution in [3.05, 3.63) is 101 Å². The molecule has 0 saturated carbocycles. The minimum Gasteiger partial charge on any atom is -0.481 e. The number of aromatic nitrogens is 3. The molecule has 0 spiro atoms. The lowest BCUT2D eigenvalue weighted by Crippen LogP contribution is -2.31. The Bertz CT molecular complexity index is 1610. The topological polar surface area (TPSA) is 136 Å². The van der Waals surface area contributed by atoms with Crippen LogP contribution in [0.4, 0.5) is 0 Å². The number of benzene rings is 3. The van der Waals surface area contributed by atoms with Crippen molar-refractivity contribution in [2.24, 2.45) is 7.05 Å². The van der Waals surface area contributed by atoms with E-state index < -0.39 is 12.3 Å². The molecule has 1 amide bonds. The van der Waals surface area contributed by atoms with Crippen LogP contribution in [0.15, 0.2) is 84.3 Å². The smallest absolute Gasteiger partial charge is 0.303 e. The molecule has 1 saturated heterocycles. The highest BCUT2D eigenvalue weighted by molar-refractivity contribution is 7.99. The third-order valence-electron chi connectivity index (χ3n) is 8.14. The molecule has 11 heteroatoms. The zero-order valence-electron chi connectivity index (χ0n) is 26.6. The van der Waals surface area contributed by atoms with Gasteiger partial charge in [-0.3, -0.25) is 9.59 Å². The second kappa shape index (κ2) is 17.2. The van der Waals surface area contributed by atoms with Gasteiger partial charge in [-0.25, -0.2) is 0 Å². The summed E-state index contributed by atoms with van der Waals surface area (Å²) >= 11 is 1.60. The Hall–Kier alpha value is -4.03. The SMILES string of the molecule is Cn1cnnc1SCC1CC(c2ccc(CO)cc2)OC(c2cccc(-c3cccc(CNC(=O)CCCCCCC(=O)O)c3)c2)O1. The summed E-state index contributed by atoms with van der Waals surface area (Å²) in [5, 5.41) is 30.3. The quantitative estimate of drug-likeness (QED) is 0.0929. The standard InChI is InChI=1S/C36H42N4O6S/c1-40-24-38-39-36(40)47-23-31-20-32(27-16-14-25(22-41)15-17-27)46-35(45-31)30-11-7-10-29(19-30)28-9-6-8-26(18-28)21-37-33(42)12-4-2-3-5-13-34(43)44/h6-11,14-19,24,31-32,35,41H,2-5,12-13,20-23H2,1H3,(H,37,42)(H,43,44). The van der Waals surface area contributed by atoms with Crippen LogP contribution in [0, 0.1) is 0 Å². The number of carbonyl (C=O) groups is 2. The monoisotopic (exact) mass is 658 g/mol. The van der Waals surface area contributed by atoms with Gasteiger partial charge in [-0.05, 0) is 52.8 Å². The predicted octanol–water partition coefficient (Wildman–Crippen LogP) is 6.35. The number of carboxylic acid groups (broad SMARTS) is 1. The molecule has 5 rings (SSSR count). The molecule has 10 nitrogen and oxygen atoms in total. The Morgan fingerprint density at radius 2 is 1.66 bits per heavy atom. The molecule has 3 unspecified atom stereocenters. The molecule has 1 aliphatic heterocycles. The van der Waals surface area contributed by atoms with Crippen LogP contribution >= 0.6 is 11.8 Å². The minimum atomic E-state index is -0.777. The van der Waals surface area contributed by atoms with E-state index in [-0.39, 0.29) is 31.1 Å². The number of aliphatic hydroxyl groups excluding tert-OH is 1. The van der Waals surface area contributed by atoms with Gasteiger partial charge in [0.2, 0.25) is 5.91 Å². The zero-order chi connectivity index (χ0) is 33.0. The summed E-state index contributed by atoms with van der Waals surface area (Å²) in [6.07, 6.45) is 5.16. The number of aliphatic carboxylic acids is 1. The number of ether oxygens (including phenoxy) is 2. The Labute approximate surface area is 279 Å². The van der Waals surface area contributed by atoms with Crippen LogP contribution in [-0.4, -0.2) is 48.7 Å². The fourth-order valence-corrected chi connectivity index (χ4v) is 6.43. The summed E-state index contributed by atoms with van der Waals surface area (Å²) in [4.78, 5) is 23.0. The van der Waals surface area contributed by atoms with Crippen molar-refractivity contribution >= 4 is 23.6 Å². The predicted molar refractivity (Wildman–Crippen MR) is 179 cm³/mol. The molecule has 3 atom stereocenters. The van der Waals surface area contributed by atoms with Crippen molar-refractivity contribution in [1.29, 1.82) is 0 Å². The van der Waals surface area contributed by atoms with E-state index in [4.69, 9.17) is 14.6 Å². The lowest BCUT2D eigenvalue weighted by atomic mass is 9.99. The number of rotatable bonds is 16. The van der Waals surface area contributed by atoms with E-state index in [1.807, 2.05) is 60.1 Å². The van der Waals surface area contributed by atoms with E-state index in [0.29, 0.717) is 31.6 Å². The van der Waals surface area contributed by atoms with Crippen molar-refractivity contribution < 1.29 is 29.3 Å². The van der Waals surface area contributed by atoms with Gasteiger partial charge >= 0.3 is 5.97 Å². The molecule has 3 aromatic carbocycles. The molecule has 0 aliphatic carbocycles. The van der Waals surface area contributed by atoms with Crippen LogP contribution in [-0.2, 0) is 39.3 Å². The molecule has 1 aliphatic rings. The average Bonchev–Trinajstić information content (AvgIpc) is 3.52. The molecule has 0 radical (unpaired) electrons. The summed E-state index contributed by atoms with van der Waals surface area (Å²) in [6.45, 7) is 0.425. The van der Waals surface area contributed by atoms with Gasteiger partial charge in [-0.15, -0.1) is 10.2 Å². The van der Waals surface area contributed by atoms with E-state index in [0.717, 1.165) is 57.8 Å². The first-order valence-corrected chi connectivity index (χ1v) is 17.0. The number of aryl methyl sites for hydroxylation is 1. The largest absolute Gasteiger partial charge is 0.481 e. The van der Waals surface area contributed by atoms with Gasteiger partial charge < -0.3 is 29.6 Å². The number of aliphatic hydroxyl groups is 1. The van der Waals surface area contributed by atoms with Crippen LogP contribution in [0.2, 0.25) is 0 Å². The van der Waals surface area contributed by atoms with Crippen molar-refractivity contribution in [2.45, 2.75) is 81.8 Å². The lowest BCUT2D eigenvalue weighted by Gasteiger charge is -2.36. The Morgan fingerprint density at radius 3 is 2.38 bits per heavy atom. The molecule has 1 fully saturated rings. The van der Waals surface area contributed by atoms with E-state index in [1.54, 1.807) is 18.1 Å². The molecule has 3 N–H and O–H groups in total. The summed E-state index contributed by atoms with van der Waals surface area (Å²) in [6, 6.07) is 24.2. The number of hydrogen-bond donors (Lipinski definition) is 3. The molecular formula is C36H42N4O6S. The number of unbranched alkanes of at least 4 members (excludes halogenated alkanes) is 3. The van der Waals surface area contributed by atoms with Crippen LogP contribution < -0.4 is 5.32 Å². The fourth-order valence-electron chi connectivity index (χ4n) is 5.52. The number of amides is 1. The summed E-state index contributed by atoms with van der Waals surface area (Å²) < 4.78 is 15.0. The number of carbonyl (C=O) groups excluding carboxylic acids is 1. The molecule has 248 valence electrons. The minimum absolute atomic E-state index is 0.00493. The maximum atomic E-state index is 12.4. The van der Waals surface area contributed by atoms with E-state index in [2.05, 4.69) is 39.8 Å². The molecule has 1 aromatic heterocycles. The summed E-state index contributed by atoms with van der Waals surface area (Å²) in [5.41, 5.74) is 5.84.